The molecule has 0 radical (unpaired) electrons. The molecule has 0 saturated carbocycles. The van der Waals surface area contributed by atoms with Gasteiger partial charge in [-0.25, -0.2) is 4.39 Å². The number of aromatic nitrogens is 3. The zero-order valence-electron chi connectivity index (χ0n) is 14.0. The normalized spacial score (nSPS) is 17.4. The first kappa shape index (κ1) is 15.7. The third-order valence-electron chi connectivity index (χ3n) is 4.89. The zero-order chi connectivity index (χ0) is 17.4. The lowest BCUT2D eigenvalue weighted by atomic mass is 9.98. The van der Waals surface area contributed by atoms with Crippen LogP contribution in [0.3, 0.4) is 0 Å². The summed E-state index contributed by atoms with van der Waals surface area (Å²) >= 11 is 0. The number of nitrogens with zero attached hydrogens (tertiary/aromatic N) is 4. The molecule has 3 aromatic rings. The first-order valence-corrected chi connectivity index (χ1v) is 8.44. The largest absolute Gasteiger partial charge is 0.338 e. The number of pyridine rings is 1. The van der Waals surface area contributed by atoms with Gasteiger partial charge in [-0.3, -0.25) is 9.20 Å². The van der Waals surface area contributed by atoms with Gasteiger partial charge in [0.2, 0.25) is 0 Å². The number of hydrogen-bond acceptors (Lipinski definition) is 3. The fourth-order valence-electron chi connectivity index (χ4n) is 3.47. The third-order valence-corrected chi connectivity index (χ3v) is 4.89. The van der Waals surface area contributed by atoms with Gasteiger partial charge in [-0.05, 0) is 55.0 Å². The molecule has 1 fully saturated rings. The summed E-state index contributed by atoms with van der Waals surface area (Å²) in [4.78, 5) is 14.7. The molecule has 0 bridgehead atoms. The average Bonchev–Trinajstić information content (AvgIpc) is 3.26. The molecule has 1 aliphatic heterocycles. The molecule has 4 rings (SSSR count). The Bertz CT molecular complexity index is 936. The molecular formula is C19H19FN4O. The molecule has 1 aromatic carbocycles. The Labute approximate surface area is 145 Å². The summed E-state index contributed by atoms with van der Waals surface area (Å²) in [5.74, 6) is 0.168. The minimum absolute atomic E-state index is 0.0174. The van der Waals surface area contributed by atoms with Crippen LogP contribution in [-0.4, -0.2) is 38.5 Å². The maximum atomic E-state index is 13.7. The number of carbonyl (C=O) groups excluding carboxylic acids is 1. The van der Waals surface area contributed by atoms with Crippen LogP contribution in [0.5, 0.6) is 0 Å². The van der Waals surface area contributed by atoms with Crippen molar-refractivity contribution in [1.82, 2.24) is 19.5 Å². The first-order chi connectivity index (χ1) is 12.1. The molecule has 0 N–H and O–H groups in total. The van der Waals surface area contributed by atoms with Gasteiger partial charge in [0.25, 0.3) is 5.91 Å². The Balaban J connectivity index is 1.47. The van der Waals surface area contributed by atoms with Crippen molar-refractivity contribution in [3.05, 3.63) is 65.4 Å². The van der Waals surface area contributed by atoms with Gasteiger partial charge in [0, 0.05) is 19.3 Å². The van der Waals surface area contributed by atoms with Crippen molar-refractivity contribution >= 4 is 11.6 Å². The molecule has 1 atom stereocenters. The van der Waals surface area contributed by atoms with E-state index >= 15 is 0 Å². The van der Waals surface area contributed by atoms with E-state index in [9.17, 15) is 9.18 Å². The van der Waals surface area contributed by atoms with Crippen molar-refractivity contribution in [3.8, 4) is 0 Å². The predicted octanol–water partition coefficient (Wildman–Crippen LogP) is 2.88. The highest BCUT2D eigenvalue weighted by molar-refractivity contribution is 5.99. The molecular weight excluding hydrogens is 319 g/mol. The van der Waals surface area contributed by atoms with Crippen LogP contribution >= 0.6 is 0 Å². The number of likely N-dealkylation sites (tertiary alicyclic amines) is 1. The maximum Gasteiger partial charge on any atom is 0.257 e. The average molecular weight is 338 g/mol. The van der Waals surface area contributed by atoms with E-state index in [1.165, 1.54) is 0 Å². The smallest absolute Gasteiger partial charge is 0.257 e. The second-order valence-electron chi connectivity index (χ2n) is 6.68. The first-order valence-electron chi connectivity index (χ1n) is 8.44. The predicted molar refractivity (Wildman–Crippen MR) is 91.8 cm³/mol. The van der Waals surface area contributed by atoms with Crippen LogP contribution in [0.15, 0.2) is 42.9 Å². The van der Waals surface area contributed by atoms with Crippen molar-refractivity contribution in [2.75, 3.05) is 13.1 Å². The van der Waals surface area contributed by atoms with Crippen molar-refractivity contribution in [3.63, 3.8) is 0 Å². The molecule has 1 unspecified atom stereocenters. The molecule has 1 aliphatic rings. The summed E-state index contributed by atoms with van der Waals surface area (Å²) in [6, 6.07) is 9.01. The Morgan fingerprint density at radius 3 is 3.08 bits per heavy atom. The summed E-state index contributed by atoms with van der Waals surface area (Å²) in [5, 5.41) is 7.90. The Morgan fingerprint density at radius 2 is 2.24 bits per heavy atom. The zero-order valence-corrected chi connectivity index (χ0v) is 14.0. The van der Waals surface area contributed by atoms with Crippen LogP contribution in [0.1, 0.15) is 27.9 Å². The molecule has 1 amide bonds. The van der Waals surface area contributed by atoms with E-state index in [1.807, 2.05) is 29.3 Å². The van der Waals surface area contributed by atoms with E-state index < -0.39 is 0 Å². The third kappa shape index (κ3) is 2.99. The van der Waals surface area contributed by atoms with Gasteiger partial charge in [-0.1, -0.05) is 12.1 Å². The van der Waals surface area contributed by atoms with E-state index in [2.05, 4.69) is 10.2 Å². The SMILES string of the molecule is Cc1ccc(CC2CCN(C(=O)c3cccn4cnnc34)C2)cc1F. The quantitative estimate of drug-likeness (QED) is 0.738. The summed E-state index contributed by atoms with van der Waals surface area (Å²) in [7, 11) is 0. The summed E-state index contributed by atoms with van der Waals surface area (Å²) in [6.07, 6.45) is 5.13. The van der Waals surface area contributed by atoms with E-state index in [-0.39, 0.29) is 11.7 Å². The summed E-state index contributed by atoms with van der Waals surface area (Å²) in [5.41, 5.74) is 2.80. The number of carbonyl (C=O) groups is 1. The summed E-state index contributed by atoms with van der Waals surface area (Å²) in [6.45, 7) is 3.16. The lowest BCUT2D eigenvalue weighted by Gasteiger charge is -2.17. The van der Waals surface area contributed by atoms with Crippen molar-refractivity contribution in [2.24, 2.45) is 5.92 Å². The molecule has 5 nitrogen and oxygen atoms in total. The molecule has 6 heteroatoms. The second kappa shape index (κ2) is 6.27. The fourth-order valence-corrected chi connectivity index (χ4v) is 3.47. The number of benzene rings is 1. The van der Waals surface area contributed by atoms with Gasteiger partial charge in [0.1, 0.15) is 12.1 Å². The Morgan fingerprint density at radius 1 is 1.36 bits per heavy atom. The van der Waals surface area contributed by atoms with Gasteiger partial charge in [0.05, 0.1) is 5.56 Å². The highest BCUT2D eigenvalue weighted by atomic mass is 19.1. The number of fused-ring (bicyclic) bond motifs is 1. The van der Waals surface area contributed by atoms with Gasteiger partial charge in [-0.2, -0.15) is 0 Å². The monoisotopic (exact) mass is 338 g/mol. The topological polar surface area (TPSA) is 50.5 Å². The minimum Gasteiger partial charge on any atom is -0.338 e. The van der Waals surface area contributed by atoms with Crippen molar-refractivity contribution < 1.29 is 9.18 Å². The van der Waals surface area contributed by atoms with E-state index in [0.717, 1.165) is 18.4 Å². The molecule has 3 heterocycles. The lowest BCUT2D eigenvalue weighted by Crippen LogP contribution is -2.29. The van der Waals surface area contributed by atoms with E-state index in [4.69, 9.17) is 0 Å². The molecule has 1 saturated heterocycles. The Kier molecular flexibility index (Phi) is 3.95. The fraction of sp³-hybridized carbons (Fsp3) is 0.316. The number of halogens is 1. The van der Waals surface area contributed by atoms with E-state index in [1.54, 1.807) is 29.8 Å². The van der Waals surface area contributed by atoms with Crippen LogP contribution < -0.4 is 0 Å². The van der Waals surface area contributed by atoms with Gasteiger partial charge < -0.3 is 4.90 Å². The van der Waals surface area contributed by atoms with Crippen LogP contribution in [0, 0.1) is 18.7 Å². The van der Waals surface area contributed by atoms with Crippen LogP contribution in [0.4, 0.5) is 4.39 Å². The van der Waals surface area contributed by atoms with E-state index in [0.29, 0.717) is 35.8 Å². The second-order valence-corrected chi connectivity index (χ2v) is 6.68. The van der Waals surface area contributed by atoms with Crippen LogP contribution in [0.2, 0.25) is 0 Å². The number of aryl methyl sites for hydroxylation is 1. The molecule has 25 heavy (non-hydrogen) atoms. The number of rotatable bonds is 3. The van der Waals surface area contributed by atoms with Gasteiger partial charge in [0.15, 0.2) is 5.65 Å². The highest BCUT2D eigenvalue weighted by Crippen LogP contribution is 2.24. The van der Waals surface area contributed by atoms with Crippen molar-refractivity contribution in [1.29, 1.82) is 0 Å². The molecule has 2 aromatic heterocycles. The molecule has 0 aliphatic carbocycles. The number of hydrogen-bond donors (Lipinski definition) is 0. The molecule has 128 valence electrons. The van der Waals surface area contributed by atoms with Gasteiger partial charge in [-0.15, -0.1) is 10.2 Å². The van der Waals surface area contributed by atoms with Crippen LogP contribution in [-0.2, 0) is 6.42 Å². The van der Waals surface area contributed by atoms with Gasteiger partial charge >= 0.3 is 0 Å². The summed E-state index contributed by atoms with van der Waals surface area (Å²) < 4.78 is 15.5. The van der Waals surface area contributed by atoms with Crippen molar-refractivity contribution in [2.45, 2.75) is 19.8 Å². The number of amides is 1. The Hall–Kier alpha value is -2.76. The molecule has 0 spiro atoms. The highest BCUT2D eigenvalue weighted by Gasteiger charge is 2.28. The minimum atomic E-state index is -0.165. The lowest BCUT2D eigenvalue weighted by molar-refractivity contribution is 0.0788. The van der Waals surface area contributed by atoms with Crippen LogP contribution in [0.25, 0.3) is 5.65 Å². The standard InChI is InChI=1S/C19H19FN4O/c1-13-4-5-14(10-17(13)20)9-15-6-8-23(11-15)19(25)16-3-2-7-24-12-21-22-18(16)24/h2-5,7,10,12,15H,6,8-9,11H2,1H3. The maximum absolute atomic E-state index is 13.7.